The van der Waals surface area contributed by atoms with E-state index in [2.05, 4.69) is 9.46 Å². The van der Waals surface area contributed by atoms with Crippen LogP contribution in [0.4, 0.5) is 0 Å². The molecule has 1 saturated carbocycles. The minimum atomic E-state index is -3.75. The van der Waals surface area contributed by atoms with E-state index in [1.165, 1.54) is 31.4 Å². The van der Waals surface area contributed by atoms with Crippen molar-refractivity contribution in [3.63, 3.8) is 0 Å². The highest BCUT2D eigenvalue weighted by Gasteiger charge is 2.48. The number of aliphatic hydroxyl groups excluding tert-OH is 1. The predicted molar refractivity (Wildman–Crippen MR) is 76.3 cm³/mol. The lowest BCUT2D eigenvalue weighted by Gasteiger charge is -2.49. The predicted octanol–water partition coefficient (Wildman–Crippen LogP) is 0.911. The smallest absolute Gasteiger partial charge is 0.337 e. The van der Waals surface area contributed by atoms with Gasteiger partial charge in [-0.15, -0.1) is 0 Å². The molecule has 1 aliphatic rings. The van der Waals surface area contributed by atoms with Gasteiger partial charge in [-0.1, -0.05) is 19.9 Å². The lowest BCUT2D eigenvalue weighted by Crippen LogP contribution is -2.61. The second kappa shape index (κ2) is 5.40. The van der Waals surface area contributed by atoms with Crippen molar-refractivity contribution in [2.24, 2.45) is 5.41 Å². The van der Waals surface area contributed by atoms with Gasteiger partial charge in [0.25, 0.3) is 0 Å². The zero-order valence-electron chi connectivity index (χ0n) is 12.2. The summed E-state index contributed by atoms with van der Waals surface area (Å²) in [6.07, 6.45) is -0.144. The largest absolute Gasteiger partial charge is 0.465 e. The third-order valence-corrected chi connectivity index (χ3v) is 5.55. The van der Waals surface area contributed by atoms with Crippen LogP contribution in [0.25, 0.3) is 0 Å². The molecule has 1 aromatic carbocycles. The number of aliphatic hydroxyl groups is 1. The summed E-state index contributed by atoms with van der Waals surface area (Å²) >= 11 is 0. The number of hydrogen-bond donors (Lipinski definition) is 2. The molecule has 0 spiro atoms. The van der Waals surface area contributed by atoms with Gasteiger partial charge in [0.05, 0.1) is 23.7 Å². The molecule has 0 aromatic heterocycles. The number of methoxy groups -OCH3 is 1. The fourth-order valence-corrected chi connectivity index (χ4v) is 3.72. The molecule has 2 N–H and O–H groups in total. The average Bonchev–Trinajstić information content (AvgIpc) is 2.46. The van der Waals surface area contributed by atoms with E-state index in [1.807, 2.05) is 0 Å². The van der Waals surface area contributed by atoms with Crippen molar-refractivity contribution in [2.45, 2.75) is 37.3 Å². The fourth-order valence-electron chi connectivity index (χ4n) is 2.27. The molecule has 0 saturated heterocycles. The molecule has 2 atom stereocenters. The Hall–Kier alpha value is -1.44. The molecular formula is C14H19NO5S. The van der Waals surface area contributed by atoms with Gasteiger partial charge in [-0.05, 0) is 24.6 Å². The highest BCUT2D eigenvalue weighted by Crippen LogP contribution is 2.41. The van der Waals surface area contributed by atoms with Gasteiger partial charge in [0.2, 0.25) is 10.0 Å². The summed E-state index contributed by atoms with van der Waals surface area (Å²) in [7, 11) is -2.51. The molecular weight excluding hydrogens is 294 g/mol. The van der Waals surface area contributed by atoms with Crippen molar-refractivity contribution in [1.29, 1.82) is 0 Å². The minimum absolute atomic E-state index is 0.00240. The Kier molecular flexibility index (Phi) is 4.10. The van der Waals surface area contributed by atoms with Crippen LogP contribution in [-0.4, -0.2) is 38.7 Å². The second-order valence-corrected chi connectivity index (χ2v) is 7.48. The lowest BCUT2D eigenvalue weighted by molar-refractivity contribution is -0.0645. The van der Waals surface area contributed by atoms with E-state index in [-0.39, 0.29) is 16.5 Å². The standard InChI is InChI=1S/C14H19NO5S/c1-14(2)11(8-12(14)16)15-21(18,19)10-6-4-5-9(7-10)13(17)20-3/h4-7,11-12,15-16H,8H2,1-3H3. The van der Waals surface area contributed by atoms with Crippen molar-refractivity contribution in [2.75, 3.05) is 7.11 Å². The first-order valence-corrected chi connectivity index (χ1v) is 8.05. The Morgan fingerprint density at radius 3 is 2.62 bits per heavy atom. The van der Waals surface area contributed by atoms with Crippen molar-refractivity contribution < 1.29 is 23.1 Å². The first-order valence-electron chi connectivity index (χ1n) is 6.57. The summed E-state index contributed by atoms with van der Waals surface area (Å²) in [5.41, 5.74) is -0.333. The Labute approximate surface area is 124 Å². The van der Waals surface area contributed by atoms with Crippen molar-refractivity contribution >= 4 is 16.0 Å². The maximum atomic E-state index is 12.3. The monoisotopic (exact) mass is 313 g/mol. The first-order chi connectivity index (χ1) is 9.68. The molecule has 116 valence electrons. The van der Waals surface area contributed by atoms with Crippen LogP contribution in [0.3, 0.4) is 0 Å². The van der Waals surface area contributed by atoms with Crippen molar-refractivity contribution in [3.8, 4) is 0 Å². The van der Waals surface area contributed by atoms with Crippen LogP contribution in [-0.2, 0) is 14.8 Å². The van der Waals surface area contributed by atoms with Crippen molar-refractivity contribution in [3.05, 3.63) is 29.8 Å². The Bertz CT molecular complexity index is 653. The summed E-state index contributed by atoms with van der Waals surface area (Å²) < 4.78 is 31.8. The zero-order valence-corrected chi connectivity index (χ0v) is 13.0. The van der Waals surface area contributed by atoms with Gasteiger partial charge in [-0.2, -0.15) is 0 Å². The van der Waals surface area contributed by atoms with Gasteiger partial charge < -0.3 is 9.84 Å². The minimum Gasteiger partial charge on any atom is -0.465 e. The number of ether oxygens (including phenoxy) is 1. The van der Waals surface area contributed by atoms with Gasteiger partial charge >= 0.3 is 5.97 Å². The first kappa shape index (κ1) is 15.9. The number of hydrogen-bond acceptors (Lipinski definition) is 5. The SMILES string of the molecule is COC(=O)c1cccc(S(=O)(=O)NC2CC(O)C2(C)C)c1. The van der Waals surface area contributed by atoms with E-state index in [0.717, 1.165) is 0 Å². The van der Waals surface area contributed by atoms with E-state index < -0.39 is 27.5 Å². The van der Waals surface area contributed by atoms with Crippen LogP contribution in [0, 0.1) is 5.41 Å². The molecule has 6 nitrogen and oxygen atoms in total. The average molecular weight is 313 g/mol. The zero-order chi connectivity index (χ0) is 15.8. The molecule has 0 aliphatic heterocycles. The van der Waals surface area contributed by atoms with E-state index in [0.29, 0.717) is 6.42 Å². The van der Waals surface area contributed by atoms with Gasteiger partial charge in [0.1, 0.15) is 0 Å². The topological polar surface area (TPSA) is 92.7 Å². The van der Waals surface area contributed by atoms with Crippen LogP contribution < -0.4 is 4.72 Å². The quantitative estimate of drug-likeness (QED) is 0.806. The summed E-state index contributed by atoms with van der Waals surface area (Å²) in [6, 6.07) is 5.33. The molecule has 0 radical (unpaired) electrons. The fraction of sp³-hybridized carbons (Fsp3) is 0.500. The number of rotatable bonds is 4. The molecule has 2 unspecified atom stereocenters. The number of carbonyl (C=O) groups is 1. The Balaban J connectivity index is 2.23. The molecule has 1 fully saturated rings. The van der Waals surface area contributed by atoms with Crippen LogP contribution in [0.1, 0.15) is 30.6 Å². The van der Waals surface area contributed by atoms with Crippen LogP contribution in [0.5, 0.6) is 0 Å². The van der Waals surface area contributed by atoms with Gasteiger partial charge in [0.15, 0.2) is 0 Å². The Morgan fingerprint density at radius 1 is 1.43 bits per heavy atom. The number of nitrogens with one attached hydrogen (secondary N) is 1. The third-order valence-electron chi connectivity index (χ3n) is 4.08. The van der Waals surface area contributed by atoms with Crippen LogP contribution in [0.15, 0.2) is 29.2 Å². The molecule has 0 amide bonds. The maximum Gasteiger partial charge on any atom is 0.337 e. The molecule has 2 rings (SSSR count). The van der Waals surface area contributed by atoms with E-state index in [4.69, 9.17) is 0 Å². The molecule has 1 aromatic rings. The molecule has 7 heteroatoms. The number of esters is 1. The van der Waals surface area contributed by atoms with Gasteiger partial charge in [0, 0.05) is 11.5 Å². The van der Waals surface area contributed by atoms with E-state index >= 15 is 0 Å². The maximum absolute atomic E-state index is 12.3. The van der Waals surface area contributed by atoms with E-state index in [1.54, 1.807) is 13.8 Å². The third kappa shape index (κ3) is 2.95. The number of benzene rings is 1. The highest BCUT2D eigenvalue weighted by molar-refractivity contribution is 7.89. The second-order valence-electron chi connectivity index (χ2n) is 5.77. The normalized spacial score (nSPS) is 24.2. The lowest BCUT2D eigenvalue weighted by atomic mass is 9.65. The number of sulfonamides is 1. The van der Waals surface area contributed by atoms with Gasteiger partial charge in [-0.25, -0.2) is 17.9 Å². The number of carbonyl (C=O) groups excluding carboxylic acids is 1. The van der Waals surface area contributed by atoms with Crippen LogP contribution >= 0.6 is 0 Å². The molecule has 1 aliphatic carbocycles. The summed E-state index contributed by atoms with van der Waals surface area (Å²) in [6.45, 7) is 3.61. The summed E-state index contributed by atoms with van der Waals surface area (Å²) in [5.74, 6) is -0.591. The summed E-state index contributed by atoms with van der Waals surface area (Å²) in [4.78, 5) is 11.5. The Morgan fingerprint density at radius 2 is 2.10 bits per heavy atom. The summed E-state index contributed by atoms with van der Waals surface area (Å²) in [5, 5.41) is 9.67. The van der Waals surface area contributed by atoms with E-state index in [9.17, 15) is 18.3 Å². The molecule has 0 bridgehead atoms. The molecule has 0 heterocycles. The van der Waals surface area contributed by atoms with Gasteiger partial charge in [-0.3, -0.25) is 0 Å². The van der Waals surface area contributed by atoms with Crippen molar-refractivity contribution in [1.82, 2.24) is 4.72 Å². The van der Waals surface area contributed by atoms with Crippen LogP contribution in [0.2, 0.25) is 0 Å². The highest BCUT2D eigenvalue weighted by atomic mass is 32.2. The molecule has 21 heavy (non-hydrogen) atoms.